The van der Waals surface area contributed by atoms with Gasteiger partial charge in [0.2, 0.25) is 0 Å². The van der Waals surface area contributed by atoms with Gasteiger partial charge in [-0.3, -0.25) is 14.9 Å². The third-order valence-corrected chi connectivity index (χ3v) is 2.79. The first-order valence-corrected chi connectivity index (χ1v) is 6.30. The van der Waals surface area contributed by atoms with Crippen molar-refractivity contribution in [3.63, 3.8) is 0 Å². The molecule has 1 heterocycles. The molecule has 0 radical (unpaired) electrons. The number of methoxy groups -OCH3 is 1. The molecule has 0 spiro atoms. The predicted molar refractivity (Wildman–Crippen MR) is 78.4 cm³/mol. The van der Waals surface area contributed by atoms with Gasteiger partial charge in [-0.1, -0.05) is 11.6 Å². The van der Waals surface area contributed by atoms with Crippen LogP contribution in [-0.4, -0.2) is 24.2 Å². The van der Waals surface area contributed by atoms with Crippen LogP contribution in [0.1, 0.15) is 16.1 Å². The summed E-state index contributed by atoms with van der Waals surface area (Å²) < 4.78 is 9.90. The largest absolute Gasteiger partial charge is 0.496 e. The topological polar surface area (TPSA) is 107 Å². The molecule has 22 heavy (non-hydrogen) atoms. The van der Waals surface area contributed by atoms with E-state index in [-0.39, 0.29) is 11.3 Å². The Morgan fingerprint density at radius 1 is 1.45 bits per heavy atom. The second-order valence-electron chi connectivity index (χ2n) is 3.98. The number of hydrogen-bond acceptors (Lipinski definition) is 6. The Hall–Kier alpha value is -2.87. The molecule has 1 N–H and O–H groups in total. The van der Waals surface area contributed by atoms with Crippen LogP contribution >= 0.6 is 11.6 Å². The Morgan fingerprint density at radius 3 is 2.86 bits per heavy atom. The molecule has 0 saturated carbocycles. The maximum atomic E-state index is 12.0. The standard InChI is InChI=1S/C13H10ClN3O5/c1-21-11-4-2-8(14)6-10(11)13(18)16-15-7-9-3-5-12(22-9)17(19)20/h2-7H,1H3,(H,16,18). The van der Waals surface area contributed by atoms with Crippen LogP contribution < -0.4 is 10.2 Å². The van der Waals surface area contributed by atoms with Gasteiger partial charge in [0.15, 0.2) is 5.76 Å². The van der Waals surface area contributed by atoms with Crippen molar-refractivity contribution < 1.29 is 18.9 Å². The first-order valence-electron chi connectivity index (χ1n) is 5.92. The normalized spacial score (nSPS) is 10.6. The number of rotatable bonds is 5. The second kappa shape index (κ2) is 6.72. The summed E-state index contributed by atoms with van der Waals surface area (Å²) in [5.41, 5.74) is 2.46. The Bertz CT molecular complexity index is 741. The number of carbonyl (C=O) groups excluding carboxylic acids is 1. The zero-order chi connectivity index (χ0) is 16.1. The molecule has 0 saturated heterocycles. The van der Waals surface area contributed by atoms with Crippen LogP contribution in [0.3, 0.4) is 0 Å². The molecule has 0 atom stereocenters. The van der Waals surface area contributed by atoms with Crippen LogP contribution in [0.2, 0.25) is 5.02 Å². The van der Waals surface area contributed by atoms with Gasteiger partial charge in [0.25, 0.3) is 5.91 Å². The molecule has 2 aromatic rings. The van der Waals surface area contributed by atoms with E-state index >= 15 is 0 Å². The molecule has 0 aliphatic carbocycles. The number of furan rings is 1. The summed E-state index contributed by atoms with van der Waals surface area (Å²) in [5.74, 6) is -0.489. The molecule has 0 unspecified atom stereocenters. The minimum atomic E-state index is -0.674. The lowest BCUT2D eigenvalue weighted by Gasteiger charge is -2.06. The van der Waals surface area contributed by atoms with Crippen LogP contribution in [0.5, 0.6) is 5.75 Å². The summed E-state index contributed by atoms with van der Waals surface area (Å²) in [7, 11) is 1.42. The second-order valence-corrected chi connectivity index (χ2v) is 4.41. The Kier molecular flexibility index (Phi) is 4.74. The van der Waals surface area contributed by atoms with Crippen LogP contribution in [-0.2, 0) is 0 Å². The lowest BCUT2D eigenvalue weighted by atomic mass is 10.2. The number of benzene rings is 1. The Labute approximate surface area is 129 Å². The van der Waals surface area contributed by atoms with Gasteiger partial charge in [-0.25, -0.2) is 5.43 Å². The molecule has 1 aromatic carbocycles. The molecule has 2 rings (SSSR count). The van der Waals surface area contributed by atoms with Crippen molar-refractivity contribution in [2.75, 3.05) is 7.11 Å². The first kappa shape index (κ1) is 15.5. The van der Waals surface area contributed by atoms with E-state index in [1.165, 1.54) is 25.3 Å². The van der Waals surface area contributed by atoms with E-state index in [4.69, 9.17) is 20.8 Å². The third-order valence-electron chi connectivity index (χ3n) is 2.56. The van der Waals surface area contributed by atoms with Crippen molar-refractivity contribution in [2.24, 2.45) is 5.10 Å². The lowest BCUT2D eigenvalue weighted by molar-refractivity contribution is -0.402. The van der Waals surface area contributed by atoms with E-state index in [9.17, 15) is 14.9 Å². The molecule has 9 heteroatoms. The van der Waals surface area contributed by atoms with Crippen LogP contribution in [0, 0.1) is 10.1 Å². The van der Waals surface area contributed by atoms with Gasteiger partial charge in [0.1, 0.15) is 10.7 Å². The highest BCUT2D eigenvalue weighted by Crippen LogP contribution is 2.22. The van der Waals surface area contributed by atoms with Gasteiger partial charge < -0.3 is 9.15 Å². The van der Waals surface area contributed by atoms with E-state index in [1.807, 2.05) is 0 Å². The van der Waals surface area contributed by atoms with E-state index < -0.39 is 16.7 Å². The minimum absolute atomic E-state index is 0.130. The van der Waals surface area contributed by atoms with E-state index in [2.05, 4.69) is 10.5 Å². The van der Waals surface area contributed by atoms with Gasteiger partial charge in [-0.05, 0) is 24.3 Å². The minimum Gasteiger partial charge on any atom is -0.496 e. The summed E-state index contributed by atoms with van der Waals surface area (Å²) >= 11 is 5.83. The summed E-state index contributed by atoms with van der Waals surface area (Å²) in [4.78, 5) is 21.8. The van der Waals surface area contributed by atoms with Crippen molar-refractivity contribution in [1.29, 1.82) is 0 Å². The smallest absolute Gasteiger partial charge is 0.433 e. The van der Waals surface area contributed by atoms with E-state index in [1.54, 1.807) is 12.1 Å². The number of ether oxygens (including phenoxy) is 1. The number of halogens is 1. The number of hydrogen-bond donors (Lipinski definition) is 1. The summed E-state index contributed by atoms with van der Waals surface area (Å²) in [5, 5.41) is 14.5. The van der Waals surface area contributed by atoms with Crippen LogP contribution in [0.25, 0.3) is 0 Å². The quantitative estimate of drug-likeness (QED) is 0.517. The molecule has 1 aromatic heterocycles. The highest BCUT2D eigenvalue weighted by atomic mass is 35.5. The van der Waals surface area contributed by atoms with Gasteiger partial charge in [0, 0.05) is 5.02 Å². The summed E-state index contributed by atoms with van der Waals surface area (Å²) in [6.45, 7) is 0. The van der Waals surface area contributed by atoms with Gasteiger partial charge in [-0.15, -0.1) is 0 Å². The molecule has 1 amide bonds. The number of amides is 1. The van der Waals surface area contributed by atoms with Crippen molar-refractivity contribution in [2.45, 2.75) is 0 Å². The van der Waals surface area contributed by atoms with Crippen LogP contribution in [0.4, 0.5) is 5.88 Å². The number of hydrazone groups is 1. The van der Waals surface area contributed by atoms with Crippen molar-refractivity contribution in [3.8, 4) is 5.75 Å². The molecular weight excluding hydrogens is 314 g/mol. The first-order chi connectivity index (χ1) is 10.5. The molecular formula is C13H10ClN3O5. The van der Waals surface area contributed by atoms with E-state index in [0.29, 0.717) is 10.8 Å². The third kappa shape index (κ3) is 3.61. The maximum Gasteiger partial charge on any atom is 0.433 e. The number of nitrogens with one attached hydrogen (secondary N) is 1. The summed E-state index contributed by atoms with van der Waals surface area (Å²) in [6, 6.07) is 7.11. The van der Waals surface area contributed by atoms with Crippen LogP contribution in [0.15, 0.2) is 39.9 Å². The fourth-order valence-corrected chi connectivity index (χ4v) is 1.75. The molecule has 0 fully saturated rings. The molecule has 0 aliphatic rings. The fourth-order valence-electron chi connectivity index (χ4n) is 1.58. The van der Waals surface area contributed by atoms with Gasteiger partial charge >= 0.3 is 5.88 Å². The monoisotopic (exact) mass is 323 g/mol. The fraction of sp³-hybridized carbons (Fsp3) is 0.0769. The maximum absolute atomic E-state index is 12.0. The SMILES string of the molecule is COc1ccc(Cl)cc1C(=O)NN=Cc1ccc([N+](=O)[O-])o1. The number of nitro groups is 1. The molecule has 0 bridgehead atoms. The average Bonchev–Trinajstić information content (AvgIpc) is 2.96. The summed E-state index contributed by atoms with van der Waals surface area (Å²) in [6.07, 6.45) is 1.14. The molecule has 8 nitrogen and oxygen atoms in total. The zero-order valence-corrected chi connectivity index (χ0v) is 12.0. The zero-order valence-electron chi connectivity index (χ0n) is 11.3. The highest BCUT2D eigenvalue weighted by Gasteiger charge is 2.13. The molecule has 0 aliphatic heterocycles. The lowest BCUT2D eigenvalue weighted by Crippen LogP contribution is -2.18. The molecule has 114 valence electrons. The predicted octanol–water partition coefficient (Wildman–Crippen LogP) is 2.61. The van der Waals surface area contributed by atoms with Crippen molar-refractivity contribution >= 4 is 29.6 Å². The average molecular weight is 324 g/mol. The van der Waals surface area contributed by atoms with E-state index in [0.717, 1.165) is 6.21 Å². The highest BCUT2D eigenvalue weighted by molar-refractivity contribution is 6.31. The van der Waals surface area contributed by atoms with Crippen molar-refractivity contribution in [1.82, 2.24) is 5.43 Å². The van der Waals surface area contributed by atoms with Gasteiger partial charge in [-0.2, -0.15) is 5.10 Å². The Morgan fingerprint density at radius 2 is 2.23 bits per heavy atom. The van der Waals surface area contributed by atoms with Crippen molar-refractivity contribution in [3.05, 3.63) is 56.8 Å². The Balaban J connectivity index is 2.07. The number of carbonyl (C=O) groups is 1. The van der Waals surface area contributed by atoms with Gasteiger partial charge in [0.05, 0.1) is 25.0 Å². The number of nitrogens with zero attached hydrogens (tertiary/aromatic N) is 2.